The molecule has 1 aliphatic rings. The third-order valence-electron chi connectivity index (χ3n) is 5.53. The Morgan fingerprint density at radius 3 is 2.80 bits per heavy atom. The molecule has 30 heavy (non-hydrogen) atoms. The number of nitrogens with zero attached hydrogens (tertiary/aromatic N) is 3. The van der Waals surface area contributed by atoms with Crippen LogP contribution in [0, 0.1) is 6.92 Å². The van der Waals surface area contributed by atoms with Gasteiger partial charge in [0.2, 0.25) is 0 Å². The number of aromatic amines is 1. The molecule has 0 saturated heterocycles. The molecule has 3 heterocycles. The van der Waals surface area contributed by atoms with Crippen LogP contribution in [0.4, 0.5) is 5.69 Å². The predicted molar refractivity (Wildman–Crippen MR) is 123 cm³/mol. The van der Waals surface area contributed by atoms with E-state index in [-0.39, 0.29) is 0 Å². The van der Waals surface area contributed by atoms with Crippen LogP contribution in [0.2, 0.25) is 0 Å². The van der Waals surface area contributed by atoms with Gasteiger partial charge in [0, 0.05) is 41.8 Å². The molecule has 7 heteroatoms. The Hall–Kier alpha value is -3.45. The monoisotopic (exact) mass is 415 g/mol. The van der Waals surface area contributed by atoms with Gasteiger partial charge in [-0.25, -0.2) is 0 Å². The van der Waals surface area contributed by atoms with Crippen LogP contribution in [0.5, 0.6) is 0 Å². The summed E-state index contributed by atoms with van der Waals surface area (Å²) in [7, 11) is 1.88. The molecule has 5 rings (SSSR count). The molecule has 6 nitrogen and oxygen atoms in total. The first-order valence-corrected chi connectivity index (χ1v) is 10.7. The highest BCUT2D eigenvalue weighted by molar-refractivity contribution is 8.02. The van der Waals surface area contributed by atoms with Crippen molar-refractivity contribution >= 4 is 34.3 Å². The Kier molecular flexibility index (Phi) is 4.40. The van der Waals surface area contributed by atoms with E-state index in [0.717, 1.165) is 39.2 Å². The molecule has 0 aliphatic carbocycles. The van der Waals surface area contributed by atoms with Crippen molar-refractivity contribution in [1.82, 2.24) is 14.8 Å². The fourth-order valence-corrected chi connectivity index (χ4v) is 4.74. The third kappa shape index (κ3) is 2.98. The smallest absolute Gasteiger partial charge is 0.250 e. The molecular formula is C23H21N5OS. The minimum atomic E-state index is -0.448. The van der Waals surface area contributed by atoms with Crippen molar-refractivity contribution in [2.45, 2.75) is 6.92 Å². The lowest BCUT2D eigenvalue weighted by molar-refractivity contribution is 0.100. The van der Waals surface area contributed by atoms with Crippen molar-refractivity contribution in [3.05, 3.63) is 71.5 Å². The number of thioether (sulfide) groups is 1. The number of fused-ring (bicyclic) bond motifs is 1. The predicted octanol–water partition coefficient (Wildman–Crippen LogP) is 4.62. The standard InChI is InChI=1S/C23H21N5OS/c1-14-16(4-3-5-21(14)28-8-9-30-13-28)17-6-7-18(23(24)29)22-19(17)10-20(26-22)15-11-25-27(2)12-15/h3-12,26H,13H2,1-2H3,(H2,24,29). The quantitative estimate of drug-likeness (QED) is 0.509. The van der Waals surface area contributed by atoms with Crippen LogP contribution in [0.3, 0.4) is 0 Å². The molecule has 0 fully saturated rings. The summed E-state index contributed by atoms with van der Waals surface area (Å²) >= 11 is 1.78. The summed E-state index contributed by atoms with van der Waals surface area (Å²) in [4.78, 5) is 17.7. The molecule has 0 bridgehead atoms. The van der Waals surface area contributed by atoms with E-state index in [2.05, 4.69) is 57.8 Å². The number of amides is 1. The molecule has 0 spiro atoms. The van der Waals surface area contributed by atoms with Crippen LogP contribution in [0.15, 0.2) is 60.4 Å². The highest BCUT2D eigenvalue weighted by atomic mass is 32.2. The van der Waals surface area contributed by atoms with Gasteiger partial charge in [-0.05, 0) is 47.2 Å². The van der Waals surface area contributed by atoms with Gasteiger partial charge >= 0.3 is 0 Å². The average molecular weight is 416 g/mol. The first-order chi connectivity index (χ1) is 14.5. The zero-order valence-electron chi connectivity index (χ0n) is 16.7. The SMILES string of the molecule is Cc1c(-c2ccc(C(N)=O)c3[nH]c(-c4cnn(C)c4)cc23)cccc1N1C=CSC1. The van der Waals surface area contributed by atoms with Gasteiger partial charge in [0.05, 0.1) is 23.2 Å². The fourth-order valence-electron chi connectivity index (χ4n) is 4.03. The van der Waals surface area contributed by atoms with Gasteiger partial charge in [-0.3, -0.25) is 9.48 Å². The number of nitrogens with one attached hydrogen (secondary N) is 1. The van der Waals surface area contributed by atoms with Crippen LogP contribution in [0.1, 0.15) is 15.9 Å². The van der Waals surface area contributed by atoms with E-state index in [1.165, 1.54) is 11.3 Å². The Morgan fingerprint density at radius 2 is 2.10 bits per heavy atom. The van der Waals surface area contributed by atoms with Gasteiger partial charge in [-0.1, -0.05) is 18.2 Å². The fraction of sp³-hybridized carbons (Fsp3) is 0.130. The molecule has 2 aromatic heterocycles. The van der Waals surface area contributed by atoms with Crippen molar-refractivity contribution < 1.29 is 4.79 Å². The number of nitrogens with two attached hydrogens (primary N) is 1. The van der Waals surface area contributed by atoms with Gasteiger partial charge in [0.15, 0.2) is 0 Å². The molecule has 0 atom stereocenters. The molecule has 0 unspecified atom stereocenters. The lowest BCUT2D eigenvalue weighted by atomic mass is 9.94. The van der Waals surface area contributed by atoms with Crippen molar-refractivity contribution in [3.63, 3.8) is 0 Å². The largest absolute Gasteiger partial charge is 0.366 e. The summed E-state index contributed by atoms with van der Waals surface area (Å²) in [5, 5.41) is 7.34. The van der Waals surface area contributed by atoms with E-state index >= 15 is 0 Å². The summed E-state index contributed by atoms with van der Waals surface area (Å²) in [6.07, 6.45) is 5.86. The van der Waals surface area contributed by atoms with Crippen LogP contribution in [-0.4, -0.2) is 26.5 Å². The van der Waals surface area contributed by atoms with Crippen LogP contribution in [0.25, 0.3) is 33.3 Å². The van der Waals surface area contributed by atoms with E-state index in [9.17, 15) is 4.79 Å². The molecule has 3 N–H and O–H groups in total. The molecule has 150 valence electrons. The van der Waals surface area contributed by atoms with E-state index in [1.807, 2.05) is 19.3 Å². The average Bonchev–Trinajstić information content (AvgIpc) is 3.47. The minimum absolute atomic E-state index is 0.448. The lowest BCUT2D eigenvalue weighted by Crippen LogP contribution is -2.12. The highest BCUT2D eigenvalue weighted by Crippen LogP contribution is 2.39. The van der Waals surface area contributed by atoms with Crippen molar-refractivity contribution in [2.24, 2.45) is 12.8 Å². The zero-order chi connectivity index (χ0) is 20.8. The van der Waals surface area contributed by atoms with E-state index in [4.69, 9.17) is 5.73 Å². The molecule has 2 aromatic carbocycles. The van der Waals surface area contributed by atoms with Crippen molar-refractivity contribution in [2.75, 3.05) is 10.8 Å². The van der Waals surface area contributed by atoms with Gasteiger partial charge in [-0.15, -0.1) is 11.8 Å². The van der Waals surface area contributed by atoms with Crippen LogP contribution in [-0.2, 0) is 7.05 Å². The van der Waals surface area contributed by atoms with Crippen LogP contribution < -0.4 is 10.6 Å². The number of hydrogen-bond donors (Lipinski definition) is 2. The number of aryl methyl sites for hydroxylation is 1. The second kappa shape index (κ2) is 7.11. The van der Waals surface area contributed by atoms with Crippen LogP contribution >= 0.6 is 11.8 Å². The Bertz CT molecular complexity index is 1320. The lowest BCUT2D eigenvalue weighted by Gasteiger charge is -2.20. The maximum Gasteiger partial charge on any atom is 0.250 e. The number of carbonyl (C=O) groups excluding carboxylic acids is 1. The normalized spacial score (nSPS) is 13.5. The number of carbonyl (C=O) groups is 1. The summed E-state index contributed by atoms with van der Waals surface area (Å²) in [6, 6.07) is 12.2. The molecule has 4 aromatic rings. The molecule has 1 amide bonds. The topological polar surface area (TPSA) is 79.9 Å². The Morgan fingerprint density at radius 1 is 1.23 bits per heavy atom. The first-order valence-electron chi connectivity index (χ1n) is 9.62. The van der Waals surface area contributed by atoms with Crippen molar-refractivity contribution in [1.29, 1.82) is 0 Å². The third-order valence-corrected chi connectivity index (χ3v) is 6.27. The van der Waals surface area contributed by atoms with Gasteiger partial charge in [0.25, 0.3) is 5.91 Å². The summed E-state index contributed by atoms with van der Waals surface area (Å²) < 4.78 is 1.76. The Labute approximate surface area is 178 Å². The number of anilines is 1. The molecule has 0 saturated carbocycles. The van der Waals surface area contributed by atoms with Gasteiger partial charge in [-0.2, -0.15) is 5.10 Å². The summed E-state index contributed by atoms with van der Waals surface area (Å²) in [6.45, 7) is 2.14. The maximum absolute atomic E-state index is 12.1. The number of hydrogen-bond acceptors (Lipinski definition) is 4. The first kappa shape index (κ1) is 18.6. The number of benzene rings is 2. The van der Waals surface area contributed by atoms with Gasteiger partial charge in [0.1, 0.15) is 0 Å². The number of rotatable bonds is 4. The van der Waals surface area contributed by atoms with Crippen molar-refractivity contribution in [3.8, 4) is 22.4 Å². The molecular weight excluding hydrogens is 394 g/mol. The van der Waals surface area contributed by atoms with E-state index in [0.29, 0.717) is 5.56 Å². The second-order valence-electron chi connectivity index (χ2n) is 7.40. The minimum Gasteiger partial charge on any atom is -0.366 e. The van der Waals surface area contributed by atoms with Gasteiger partial charge < -0.3 is 15.6 Å². The van der Waals surface area contributed by atoms with E-state index in [1.54, 1.807) is 28.7 Å². The molecule has 1 aliphatic heterocycles. The summed E-state index contributed by atoms with van der Waals surface area (Å²) in [5.74, 6) is 0.464. The summed E-state index contributed by atoms with van der Waals surface area (Å²) in [5.41, 5.74) is 13.3. The Balaban J connectivity index is 1.73. The highest BCUT2D eigenvalue weighted by Gasteiger charge is 2.19. The zero-order valence-corrected chi connectivity index (χ0v) is 17.5. The number of H-pyrrole nitrogens is 1. The number of aromatic nitrogens is 3. The molecule has 0 radical (unpaired) electrons. The number of primary amides is 1. The second-order valence-corrected chi connectivity index (χ2v) is 8.26. The maximum atomic E-state index is 12.1. The van der Waals surface area contributed by atoms with E-state index < -0.39 is 5.91 Å².